The van der Waals surface area contributed by atoms with E-state index in [1.807, 2.05) is 11.3 Å². The highest BCUT2D eigenvalue weighted by Gasteiger charge is 2.38. The predicted molar refractivity (Wildman–Crippen MR) is 87.4 cm³/mol. The molecule has 3 atom stereocenters. The lowest BCUT2D eigenvalue weighted by atomic mass is 9.93. The summed E-state index contributed by atoms with van der Waals surface area (Å²) in [6.07, 6.45) is 5.40. The van der Waals surface area contributed by atoms with Crippen molar-refractivity contribution < 1.29 is 0 Å². The Hall–Kier alpha value is -0.380. The third-order valence-corrected chi connectivity index (χ3v) is 5.98. The standard InChI is InChI=1S/C17H28N2S/c1-3-13(2)17-10-18-16(15-4-5-15)11-19(17)8-6-14-7-9-20-12-14/h7,9,12-13,15-18H,3-6,8,10-11H2,1-2H3. The number of nitrogens with zero attached hydrogens (tertiary/aromatic N) is 1. The van der Waals surface area contributed by atoms with Gasteiger partial charge in [-0.2, -0.15) is 11.3 Å². The van der Waals surface area contributed by atoms with Crippen LogP contribution in [-0.4, -0.2) is 36.6 Å². The molecule has 3 unspecified atom stereocenters. The Kier molecular flexibility index (Phi) is 4.79. The molecule has 2 fully saturated rings. The van der Waals surface area contributed by atoms with Gasteiger partial charge in [-0.3, -0.25) is 4.90 Å². The van der Waals surface area contributed by atoms with E-state index >= 15 is 0 Å². The molecule has 0 aromatic carbocycles. The fraction of sp³-hybridized carbons (Fsp3) is 0.765. The van der Waals surface area contributed by atoms with E-state index in [4.69, 9.17) is 0 Å². The monoisotopic (exact) mass is 292 g/mol. The smallest absolute Gasteiger partial charge is 0.0247 e. The average Bonchev–Trinajstić information content (AvgIpc) is 3.20. The summed E-state index contributed by atoms with van der Waals surface area (Å²) in [6, 6.07) is 3.77. The summed E-state index contributed by atoms with van der Waals surface area (Å²) in [5, 5.41) is 8.33. The first kappa shape index (κ1) is 14.6. The Morgan fingerprint density at radius 2 is 2.30 bits per heavy atom. The van der Waals surface area contributed by atoms with Crippen molar-refractivity contribution >= 4 is 11.3 Å². The van der Waals surface area contributed by atoms with Crippen LogP contribution in [0, 0.1) is 11.8 Å². The van der Waals surface area contributed by atoms with Crippen LogP contribution in [-0.2, 0) is 6.42 Å². The minimum absolute atomic E-state index is 0.730. The molecular weight excluding hydrogens is 264 g/mol. The molecule has 1 aromatic heterocycles. The average molecular weight is 292 g/mol. The van der Waals surface area contributed by atoms with E-state index in [1.54, 1.807) is 0 Å². The van der Waals surface area contributed by atoms with Crippen molar-refractivity contribution in [2.45, 2.75) is 51.6 Å². The third-order valence-electron chi connectivity index (χ3n) is 5.25. The van der Waals surface area contributed by atoms with E-state index in [2.05, 4.69) is 40.9 Å². The van der Waals surface area contributed by atoms with E-state index in [0.29, 0.717) is 0 Å². The lowest BCUT2D eigenvalue weighted by Crippen LogP contribution is -2.59. The molecule has 0 bridgehead atoms. The van der Waals surface area contributed by atoms with Gasteiger partial charge < -0.3 is 5.32 Å². The van der Waals surface area contributed by atoms with Gasteiger partial charge in [0.15, 0.2) is 0 Å². The fourth-order valence-corrected chi connectivity index (χ4v) is 4.17. The van der Waals surface area contributed by atoms with Crippen molar-refractivity contribution in [1.82, 2.24) is 10.2 Å². The molecule has 0 amide bonds. The molecule has 3 heteroatoms. The molecule has 0 spiro atoms. The van der Waals surface area contributed by atoms with Gasteiger partial charge in [0.25, 0.3) is 0 Å². The Morgan fingerprint density at radius 3 is 2.95 bits per heavy atom. The zero-order valence-corrected chi connectivity index (χ0v) is 13.7. The van der Waals surface area contributed by atoms with Crippen molar-refractivity contribution in [2.24, 2.45) is 11.8 Å². The van der Waals surface area contributed by atoms with Crippen LogP contribution in [0.1, 0.15) is 38.7 Å². The molecule has 1 saturated heterocycles. The number of piperazine rings is 1. The zero-order chi connectivity index (χ0) is 13.9. The molecule has 112 valence electrons. The highest BCUT2D eigenvalue weighted by Crippen LogP contribution is 2.35. The first-order valence-corrected chi connectivity index (χ1v) is 9.20. The van der Waals surface area contributed by atoms with Gasteiger partial charge in [-0.05, 0) is 53.5 Å². The number of hydrogen-bond acceptors (Lipinski definition) is 3. The quantitative estimate of drug-likeness (QED) is 0.864. The van der Waals surface area contributed by atoms with Crippen LogP contribution in [0.4, 0.5) is 0 Å². The largest absolute Gasteiger partial charge is 0.311 e. The highest BCUT2D eigenvalue weighted by atomic mass is 32.1. The second kappa shape index (κ2) is 6.59. The Balaban J connectivity index is 1.60. The molecule has 1 aliphatic carbocycles. The second-order valence-corrected chi connectivity index (χ2v) is 7.46. The first-order valence-electron chi connectivity index (χ1n) is 8.26. The van der Waals surface area contributed by atoms with E-state index in [1.165, 1.54) is 50.9 Å². The van der Waals surface area contributed by atoms with Crippen molar-refractivity contribution in [3.05, 3.63) is 22.4 Å². The minimum Gasteiger partial charge on any atom is -0.311 e. The van der Waals surface area contributed by atoms with E-state index in [0.717, 1.165) is 23.9 Å². The van der Waals surface area contributed by atoms with Gasteiger partial charge >= 0.3 is 0 Å². The van der Waals surface area contributed by atoms with Crippen LogP contribution < -0.4 is 5.32 Å². The summed E-state index contributed by atoms with van der Waals surface area (Å²) in [5.74, 6) is 1.77. The normalized spacial score (nSPS) is 29.5. The minimum atomic E-state index is 0.730. The molecular formula is C17H28N2S. The number of nitrogens with one attached hydrogen (secondary N) is 1. The van der Waals surface area contributed by atoms with E-state index < -0.39 is 0 Å². The third kappa shape index (κ3) is 3.44. The van der Waals surface area contributed by atoms with Crippen LogP contribution in [0.5, 0.6) is 0 Å². The van der Waals surface area contributed by atoms with Crippen LogP contribution in [0.15, 0.2) is 16.8 Å². The highest BCUT2D eigenvalue weighted by molar-refractivity contribution is 7.07. The molecule has 2 heterocycles. The van der Waals surface area contributed by atoms with E-state index in [-0.39, 0.29) is 0 Å². The lowest BCUT2D eigenvalue weighted by Gasteiger charge is -2.43. The van der Waals surface area contributed by atoms with Gasteiger partial charge in [0.1, 0.15) is 0 Å². The summed E-state index contributed by atoms with van der Waals surface area (Å²) in [4.78, 5) is 2.78. The molecule has 3 rings (SSSR count). The second-order valence-electron chi connectivity index (χ2n) is 6.68. The van der Waals surface area contributed by atoms with Crippen LogP contribution in [0.3, 0.4) is 0 Å². The van der Waals surface area contributed by atoms with Gasteiger partial charge in [0.2, 0.25) is 0 Å². The van der Waals surface area contributed by atoms with Gasteiger partial charge in [-0.25, -0.2) is 0 Å². The summed E-state index contributed by atoms with van der Waals surface area (Å²) in [7, 11) is 0. The van der Waals surface area contributed by atoms with Crippen molar-refractivity contribution in [1.29, 1.82) is 0 Å². The Bertz CT molecular complexity index is 399. The van der Waals surface area contributed by atoms with Crippen molar-refractivity contribution in [2.75, 3.05) is 19.6 Å². The summed E-state index contributed by atoms with van der Waals surface area (Å²) in [5.41, 5.74) is 1.51. The Labute approximate surface area is 127 Å². The van der Waals surface area contributed by atoms with Crippen LogP contribution in [0.2, 0.25) is 0 Å². The van der Waals surface area contributed by atoms with Gasteiger partial charge in [0, 0.05) is 31.7 Å². The van der Waals surface area contributed by atoms with Gasteiger partial charge in [0.05, 0.1) is 0 Å². The maximum absolute atomic E-state index is 3.83. The molecule has 0 radical (unpaired) electrons. The van der Waals surface area contributed by atoms with Crippen molar-refractivity contribution in [3.63, 3.8) is 0 Å². The van der Waals surface area contributed by atoms with Gasteiger partial charge in [-0.1, -0.05) is 20.3 Å². The summed E-state index contributed by atoms with van der Waals surface area (Å²) < 4.78 is 0. The zero-order valence-electron chi connectivity index (χ0n) is 12.8. The number of rotatable bonds is 6. The van der Waals surface area contributed by atoms with Crippen LogP contribution in [0.25, 0.3) is 0 Å². The number of hydrogen-bond donors (Lipinski definition) is 1. The van der Waals surface area contributed by atoms with Crippen LogP contribution >= 0.6 is 11.3 Å². The molecule has 2 nitrogen and oxygen atoms in total. The Morgan fingerprint density at radius 1 is 1.45 bits per heavy atom. The number of thiophene rings is 1. The summed E-state index contributed by atoms with van der Waals surface area (Å²) >= 11 is 1.82. The van der Waals surface area contributed by atoms with E-state index in [9.17, 15) is 0 Å². The lowest BCUT2D eigenvalue weighted by molar-refractivity contribution is 0.0868. The van der Waals surface area contributed by atoms with Crippen molar-refractivity contribution in [3.8, 4) is 0 Å². The summed E-state index contributed by atoms with van der Waals surface area (Å²) in [6.45, 7) is 8.44. The molecule has 1 aromatic rings. The molecule has 20 heavy (non-hydrogen) atoms. The SMILES string of the molecule is CCC(C)C1CNC(C2CC2)CN1CCc1ccsc1. The predicted octanol–water partition coefficient (Wildman–Crippen LogP) is 3.39. The fourth-order valence-electron chi connectivity index (χ4n) is 3.47. The topological polar surface area (TPSA) is 15.3 Å². The maximum Gasteiger partial charge on any atom is 0.0247 e. The first-order chi connectivity index (χ1) is 9.78. The molecule has 1 saturated carbocycles. The maximum atomic E-state index is 3.83. The molecule has 1 N–H and O–H groups in total. The molecule has 1 aliphatic heterocycles. The van der Waals surface area contributed by atoms with Gasteiger partial charge in [-0.15, -0.1) is 0 Å². The molecule has 2 aliphatic rings.